The minimum Gasteiger partial charge on any atom is -0.399 e. The molecule has 0 bridgehead atoms. The van der Waals surface area contributed by atoms with E-state index in [1.807, 2.05) is 17.5 Å². The molecular formula is C13H11BrN4OS. The van der Waals surface area contributed by atoms with Crippen molar-refractivity contribution in [2.75, 3.05) is 5.73 Å². The number of halogens is 1. The maximum absolute atomic E-state index is 12.2. The van der Waals surface area contributed by atoms with Gasteiger partial charge >= 0.3 is 0 Å². The fraction of sp³-hybridized carbons (Fsp3) is 0.0769. The van der Waals surface area contributed by atoms with Crippen molar-refractivity contribution in [3.63, 3.8) is 0 Å². The van der Waals surface area contributed by atoms with Crippen molar-refractivity contribution in [1.82, 2.24) is 15.5 Å². The van der Waals surface area contributed by atoms with Crippen LogP contribution in [0.5, 0.6) is 0 Å². The summed E-state index contributed by atoms with van der Waals surface area (Å²) in [5.41, 5.74) is 7.51. The molecule has 0 fully saturated rings. The lowest BCUT2D eigenvalue weighted by molar-refractivity contribution is 0.0948. The number of amides is 1. The number of hydrogen-bond acceptors (Lipinski definition) is 4. The molecule has 0 aliphatic heterocycles. The number of anilines is 1. The number of nitrogens with zero attached hydrogens (tertiary/aromatic N) is 1. The van der Waals surface area contributed by atoms with Crippen LogP contribution in [-0.2, 0) is 6.54 Å². The van der Waals surface area contributed by atoms with E-state index in [1.54, 1.807) is 23.5 Å². The number of carbonyl (C=O) groups is 1. The minimum atomic E-state index is -0.216. The van der Waals surface area contributed by atoms with E-state index in [1.165, 1.54) is 0 Å². The molecule has 102 valence electrons. The first kappa shape index (κ1) is 13.1. The Morgan fingerprint density at radius 2 is 2.30 bits per heavy atom. The van der Waals surface area contributed by atoms with Crippen LogP contribution in [0.4, 0.5) is 5.69 Å². The Kier molecular flexibility index (Phi) is 3.45. The predicted molar refractivity (Wildman–Crippen MR) is 83.7 cm³/mol. The van der Waals surface area contributed by atoms with Crippen molar-refractivity contribution < 1.29 is 4.79 Å². The second-order valence-corrected chi connectivity index (χ2v) is 6.20. The van der Waals surface area contributed by atoms with Crippen molar-refractivity contribution in [1.29, 1.82) is 0 Å². The number of benzene rings is 1. The third kappa shape index (κ3) is 2.54. The Morgan fingerprint density at radius 3 is 3.05 bits per heavy atom. The number of carbonyl (C=O) groups excluding carboxylic acids is 1. The van der Waals surface area contributed by atoms with E-state index in [4.69, 9.17) is 5.73 Å². The first-order valence-corrected chi connectivity index (χ1v) is 7.55. The van der Waals surface area contributed by atoms with Crippen molar-refractivity contribution >= 4 is 49.8 Å². The number of nitrogens with one attached hydrogen (secondary N) is 2. The first-order chi connectivity index (χ1) is 9.63. The van der Waals surface area contributed by atoms with Crippen LogP contribution < -0.4 is 11.1 Å². The zero-order chi connectivity index (χ0) is 14.1. The Balaban J connectivity index is 1.80. The average molecular weight is 351 g/mol. The van der Waals surface area contributed by atoms with Gasteiger partial charge in [-0.05, 0) is 40.2 Å². The lowest BCUT2D eigenvalue weighted by Crippen LogP contribution is -2.22. The van der Waals surface area contributed by atoms with Crippen LogP contribution in [0, 0.1) is 0 Å². The first-order valence-electron chi connectivity index (χ1n) is 5.88. The molecular weight excluding hydrogens is 340 g/mol. The summed E-state index contributed by atoms with van der Waals surface area (Å²) in [6.07, 6.45) is 0. The van der Waals surface area contributed by atoms with E-state index >= 15 is 0 Å². The molecule has 0 aliphatic rings. The maximum atomic E-state index is 12.2. The van der Waals surface area contributed by atoms with E-state index in [0.29, 0.717) is 17.9 Å². The highest BCUT2D eigenvalue weighted by atomic mass is 79.9. The summed E-state index contributed by atoms with van der Waals surface area (Å²) in [6.45, 7) is 0.478. The molecule has 0 saturated carbocycles. The Hall–Kier alpha value is -1.86. The largest absolute Gasteiger partial charge is 0.399 e. The van der Waals surface area contributed by atoms with Crippen molar-refractivity contribution in [3.8, 4) is 0 Å². The number of nitrogen functional groups attached to an aromatic ring is 1. The van der Waals surface area contributed by atoms with Gasteiger partial charge < -0.3 is 11.1 Å². The smallest absolute Gasteiger partial charge is 0.272 e. The number of hydrogen-bond donors (Lipinski definition) is 3. The Bertz CT molecular complexity index is 780. The van der Waals surface area contributed by atoms with Gasteiger partial charge in [-0.25, -0.2) is 0 Å². The molecule has 3 rings (SSSR count). The van der Waals surface area contributed by atoms with Gasteiger partial charge in [0, 0.05) is 25.8 Å². The number of fused-ring (bicyclic) bond motifs is 1. The highest BCUT2D eigenvalue weighted by molar-refractivity contribution is 9.10. The quantitative estimate of drug-likeness (QED) is 0.635. The van der Waals surface area contributed by atoms with Gasteiger partial charge in [-0.1, -0.05) is 0 Å². The van der Waals surface area contributed by atoms with Crippen molar-refractivity contribution in [2.24, 2.45) is 0 Å². The molecule has 0 unspecified atom stereocenters. The summed E-state index contributed by atoms with van der Waals surface area (Å²) in [5.74, 6) is -0.216. The summed E-state index contributed by atoms with van der Waals surface area (Å²) < 4.78 is 1.02. The third-order valence-electron chi connectivity index (χ3n) is 2.85. The van der Waals surface area contributed by atoms with Crippen LogP contribution in [0.3, 0.4) is 0 Å². The van der Waals surface area contributed by atoms with Crippen LogP contribution in [-0.4, -0.2) is 16.1 Å². The fourth-order valence-corrected chi connectivity index (χ4v) is 3.29. The summed E-state index contributed by atoms with van der Waals surface area (Å²) in [6, 6.07) is 7.30. The number of rotatable bonds is 3. The van der Waals surface area contributed by atoms with Gasteiger partial charge in [0.05, 0.1) is 12.1 Å². The second kappa shape index (κ2) is 5.26. The van der Waals surface area contributed by atoms with Gasteiger partial charge in [-0.3, -0.25) is 9.89 Å². The second-order valence-electron chi connectivity index (χ2n) is 4.29. The van der Waals surface area contributed by atoms with Crippen LogP contribution in [0.2, 0.25) is 0 Å². The SMILES string of the molecule is Nc1ccc2[nH]nc(C(=O)NCc3cc(Br)cs3)c2c1. The molecule has 0 aliphatic carbocycles. The van der Waals surface area contributed by atoms with E-state index in [2.05, 4.69) is 31.4 Å². The lowest BCUT2D eigenvalue weighted by atomic mass is 10.2. The van der Waals surface area contributed by atoms with Gasteiger partial charge in [-0.15, -0.1) is 11.3 Å². The summed E-state index contributed by atoms with van der Waals surface area (Å²) >= 11 is 4.97. The topological polar surface area (TPSA) is 83.8 Å². The summed E-state index contributed by atoms with van der Waals surface area (Å²) in [7, 11) is 0. The zero-order valence-corrected chi connectivity index (χ0v) is 12.7. The molecule has 0 saturated heterocycles. The summed E-state index contributed by atoms with van der Waals surface area (Å²) in [5, 5.41) is 12.4. The van der Waals surface area contributed by atoms with E-state index < -0.39 is 0 Å². The molecule has 3 aromatic rings. The van der Waals surface area contributed by atoms with Gasteiger partial charge in [0.25, 0.3) is 5.91 Å². The normalized spacial score (nSPS) is 10.8. The lowest BCUT2D eigenvalue weighted by Gasteiger charge is -2.01. The van der Waals surface area contributed by atoms with Crippen molar-refractivity contribution in [3.05, 3.63) is 44.7 Å². The number of aromatic amines is 1. The molecule has 7 heteroatoms. The highest BCUT2D eigenvalue weighted by Crippen LogP contribution is 2.21. The Morgan fingerprint density at radius 1 is 1.45 bits per heavy atom. The number of thiophene rings is 1. The van der Waals surface area contributed by atoms with E-state index in [9.17, 15) is 4.79 Å². The molecule has 1 aromatic carbocycles. The third-order valence-corrected chi connectivity index (χ3v) is 4.54. The van der Waals surface area contributed by atoms with Gasteiger partial charge in [0.2, 0.25) is 0 Å². The molecule has 1 amide bonds. The summed E-state index contributed by atoms with van der Waals surface area (Å²) in [4.78, 5) is 13.2. The molecule has 20 heavy (non-hydrogen) atoms. The minimum absolute atomic E-state index is 0.216. The Labute approximate surface area is 127 Å². The molecule has 2 aromatic heterocycles. The molecule has 0 atom stereocenters. The maximum Gasteiger partial charge on any atom is 0.272 e. The van der Waals surface area contributed by atoms with Crippen LogP contribution >= 0.6 is 27.3 Å². The van der Waals surface area contributed by atoms with E-state index in [-0.39, 0.29) is 5.91 Å². The van der Waals surface area contributed by atoms with Crippen LogP contribution in [0.1, 0.15) is 15.4 Å². The molecule has 4 N–H and O–H groups in total. The van der Waals surface area contributed by atoms with Crippen LogP contribution in [0.15, 0.2) is 34.1 Å². The standard InChI is InChI=1S/C13H11BrN4OS/c14-7-3-9(20-6-7)5-16-13(19)12-10-4-8(15)1-2-11(10)17-18-12/h1-4,6H,5,15H2,(H,16,19)(H,17,18). The number of H-pyrrole nitrogens is 1. The molecule has 0 spiro atoms. The number of nitrogens with two attached hydrogens (primary N) is 1. The zero-order valence-electron chi connectivity index (χ0n) is 10.3. The monoisotopic (exact) mass is 350 g/mol. The molecule has 5 nitrogen and oxygen atoms in total. The molecule has 0 radical (unpaired) electrons. The van der Waals surface area contributed by atoms with E-state index in [0.717, 1.165) is 20.3 Å². The fourth-order valence-electron chi connectivity index (χ4n) is 1.90. The van der Waals surface area contributed by atoms with Crippen molar-refractivity contribution in [2.45, 2.75) is 6.54 Å². The van der Waals surface area contributed by atoms with Gasteiger partial charge in [0.1, 0.15) is 0 Å². The predicted octanol–water partition coefficient (Wildman–Crippen LogP) is 2.90. The average Bonchev–Trinajstić information content (AvgIpc) is 3.02. The number of aromatic nitrogens is 2. The van der Waals surface area contributed by atoms with Crippen LogP contribution in [0.25, 0.3) is 10.9 Å². The highest BCUT2D eigenvalue weighted by Gasteiger charge is 2.14. The van der Waals surface area contributed by atoms with Gasteiger partial charge in [-0.2, -0.15) is 5.10 Å². The van der Waals surface area contributed by atoms with Gasteiger partial charge in [0.15, 0.2) is 5.69 Å². The molecule has 2 heterocycles.